The molecule has 0 amide bonds. The van der Waals surface area contributed by atoms with Crippen LogP contribution in [-0.4, -0.2) is 85.1 Å². The van der Waals surface area contributed by atoms with Crippen LogP contribution in [0.15, 0.2) is 0 Å². The summed E-state index contributed by atoms with van der Waals surface area (Å²) >= 11 is 0. The van der Waals surface area contributed by atoms with Gasteiger partial charge in [-0.3, -0.25) is 15.1 Å². The fraction of sp³-hybridized carbons (Fsp3) is 1.00. The lowest BCUT2D eigenvalue weighted by atomic mass is 9.99. The smallest absolute Gasteiger partial charge is 0.175 e. The highest BCUT2D eigenvalue weighted by Crippen LogP contribution is 2.41. The van der Waals surface area contributed by atoms with E-state index in [9.17, 15) is 0 Å². The molecule has 2 fully saturated rings. The van der Waals surface area contributed by atoms with E-state index in [0.29, 0.717) is 0 Å². The Kier molecular flexibility index (Phi) is 4.73. The third-order valence-electron chi connectivity index (χ3n) is 5.12. The monoisotopic (exact) mass is 284 g/mol. The van der Waals surface area contributed by atoms with E-state index in [0.717, 1.165) is 39.1 Å². The van der Waals surface area contributed by atoms with Crippen LogP contribution in [-0.2, 0) is 0 Å². The molecule has 2 saturated heterocycles. The van der Waals surface area contributed by atoms with E-state index in [1.165, 1.54) is 6.42 Å². The van der Waals surface area contributed by atoms with Gasteiger partial charge < -0.3 is 5.73 Å². The standard InChI is InChI=1S/C14H32N6/c1-6-18(7-2)14(17(4)5)13(15,16-3)9-12-20(14)19-10-8-11-19/h16H,6-12,15H2,1-5H3. The average molecular weight is 284 g/mol. The van der Waals surface area contributed by atoms with Crippen LogP contribution in [0, 0.1) is 0 Å². The zero-order valence-corrected chi connectivity index (χ0v) is 13.8. The van der Waals surface area contributed by atoms with Gasteiger partial charge in [0.15, 0.2) is 5.79 Å². The van der Waals surface area contributed by atoms with Gasteiger partial charge in [-0.1, -0.05) is 13.8 Å². The van der Waals surface area contributed by atoms with Gasteiger partial charge in [0.25, 0.3) is 0 Å². The van der Waals surface area contributed by atoms with Crippen LogP contribution in [0.25, 0.3) is 0 Å². The first-order valence-electron chi connectivity index (χ1n) is 7.90. The molecule has 2 heterocycles. The second-order valence-corrected chi connectivity index (χ2v) is 6.10. The van der Waals surface area contributed by atoms with Crippen LogP contribution >= 0.6 is 0 Å². The van der Waals surface area contributed by atoms with Crippen molar-refractivity contribution in [1.82, 2.24) is 25.1 Å². The largest absolute Gasteiger partial charge is 0.309 e. The first-order chi connectivity index (χ1) is 9.47. The number of hydrazine groups is 1. The highest BCUT2D eigenvalue weighted by Gasteiger charge is 2.63. The Hall–Kier alpha value is -0.240. The lowest BCUT2D eigenvalue weighted by Gasteiger charge is -2.60. The third kappa shape index (κ3) is 2.01. The minimum Gasteiger partial charge on any atom is -0.309 e. The molecule has 0 aromatic heterocycles. The summed E-state index contributed by atoms with van der Waals surface area (Å²) < 4.78 is 0. The van der Waals surface area contributed by atoms with E-state index in [1.54, 1.807) is 0 Å². The van der Waals surface area contributed by atoms with Crippen LogP contribution in [0.4, 0.5) is 0 Å². The fourth-order valence-electron chi connectivity index (χ4n) is 4.03. The lowest BCUT2D eigenvalue weighted by Crippen LogP contribution is -2.83. The first kappa shape index (κ1) is 16.1. The summed E-state index contributed by atoms with van der Waals surface area (Å²) in [6.45, 7) is 9.72. The number of nitrogens with two attached hydrogens (primary N) is 1. The summed E-state index contributed by atoms with van der Waals surface area (Å²) in [5.74, 6) is -0.300. The van der Waals surface area contributed by atoms with Crippen molar-refractivity contribution in [2.24, 2.45) is 5.73 Å². The third-order valence-corrected chi connectivity index (χ3v) is 5.12. The molecule has 6 nitrogen and oxygen atoms in total. The second kappa shape index (κ2) is 5.87. The molecule has 2 aliphatic rings. The Balaban J connectivity index is 2.47. The molecule has 0 aromatic carbocycles. The highest BCUT2D eigenvalue weighted by molar-refractivity contribution is 5.10. The topological polar surface area (TPSA) is 51.0 Å². The molecule has 2 aliphatic heterocycles. The fourth-order valence-corrected chi connectivity index (χ4v) is 4.03. The molecule has 118 valence electrons. The molecule has 3 N–H and O–H groups in total. The van der Waals surface area contributed by atoms with Crippen molar-refractivity contribution in [2.75, 3.05) is 53.9 Å². The number of likely N-dealkylation sites (N-methyl/N-ethyl adjacent to an activating group) is 3. The molecular weight excluding hydrogens is 252 g/mol. The van der Waals surface area contributed by atoms with Gasteiger partial charge in [-0.05, 0) is 47.1 Å². The highest BCUT2D eigenvalue weighted by atomic mass is 15.8. The molecule has 0 bridgehead atoms. The summed E-state index contributed by atoms with van der Waals surface area (Å²) in [6, 6.07) is 0. The van der Waals surface area contributed by atoms with Crippen LogP contribution < -0.4 is 11.1 Å². The summed E-state index contributed by atoms with van der Waals surface area (Å²) in [4.78, 5) is 4.77. The molecule has 0 radical (unpaired) electrons. The lowest BCUT2D eigenvalue weighted by molar-refractivity contribution is -0.255. The van der Waals surface area contributed by atoms with Crippen molar-refractivity contribution in [1.29, 1.82) is 0 Å². The minimum atomic E-state index is -0.432. The number of nitrogens with zero attached hydrogens (tertiary/aromatic N) is 4. The van der Waals surface area contributed by atoms with Gasteiger partial charge in [0.2, 0.25) is 0 Å². The molecule has 0 aromatic rings. The van der Waals surface area contributed by atoms with Gasteiger partial charge in [-0.25, -0.2) is 10.0 Å². The Morgan fingerprint density at radius 1 is 1.15 bits per heavy atom. The van der Waals surface area contributed by atoms with Crippen molar-refractivity contribution in [3.63, 3.8) is 0 Å². The number of nitrogens with one attached hydrogen (secondary N) is 1. The second-order valence-electron chi connectivity index (χ2n) is 6.10. The van der Waals surface area contributed by atoms with Gasteiger partial charge in [-0.2, -0.15) is 0 Å². The maximum Gasteiger partial charge on any atom is 0.175 e. The van der Waals surface area contributed by atoms with Crippen molar-refractivity contribution < 1.29 is 0 Å². The van der Waals surface area contributed by atoms with E-state index in [2.05, 4.69) is 53.1 Å². The normalized spacial score (nSPS) is 36.0. The summed E-state index contributed by atoms with van der Waals surface area (Å²) in [5.41, 5.74) is 6.40. The van der Waals surface area contributed by atoms with E-state index >= 15 is 0 Å². The van der Waals surface area contributed by atoms with Crippen molar-refractivity contribution in [3.8, 4) is 0 Å². The predicted octanol–water partition coefficient (Wildman–Crippen LogP) is -0.256. The average Bonchev–Trinajstić information content (AvgIpc) is 2.66. The maximum absolute atomic E-state index is 6.83. The van der Waals surface area contributed by atoms with Crippen molar-refractivity contribution >= 4 is 0 Å². The minimum absolute atomic E-state index is 0.300. The summed E-state index contributed by atoms with van der Waals surface area (Å²) in [6.07, 6.45) is 2.24. The number of rotatable bonds is 6. The molecule has 0 saturated carbocycles. The quantitative estimate of drug-likeness (QED) is 0.656. The molecule has 0 spiro atoms. The van der Waals surface area contributed by atoms with Crippen molar-refractivity contribution in [3.05, 3.63) is 0 Å². The molecule has 20 heavy (non-hydrogen) atoms. The van der Waals surface area contributed by atoms with Gasteiger partial charge in [0.05, 0.1) is 0 Å². The Labute approximate surface area is 123 Å². The molecule has 2 rings (SSSR count). The SMILES string of the molecule is CCN(CC)C1(N(C)C)N(N2CCC2)CCC1(N)NC. The number of hydrogen-bond donors (Lipinski definition) is 2. The van der Waals surface area contributed by atoms with E-state index in [-0.39, 0.29) is 5.79 Å². The van der Waals surface area contributed by atoms with E-state index in [4.69, 9.17) is 5.73 Å². The van der Waals surface area contributed by atoms with Gasteiger partial charge in [-0.15, -0.1) is 0 Å². The van der Waals surface area contributed by atoms with Gasteiger partial charge >= 0.3 is 0 Å². The molecule has 0 aliphatic carbocycles. The van der Waals surface area contributed by atoms with E-state index < -0.39 is 5.66 Å². The van der Waals surface area contributed by atoms with Gasteiger partial charge in [0, 0.05) is 19.6 Å². The van der Waals surface area contributed by atoms with Crippen LogP contribution in [0.3, 0.4) is 0 Å². The zero-order valence-electron chi connectivity index (χ0n) is 13.8. The Morgan fingerprint density at radius 3 is 2.10 bits per heavy atom. The van der Waals surface area contributed by atoms with Crippen LogP contribution in [0.1, 0.15) is 26.7 Å². The predicted molar refractivity (Wildman–Crippen MR) is 82.8 cm³/mol. The molecule has 6 heteroatoms. The number of hydrogen-bond acceptors (Lipinski definition) is 6. The molecular formula is C14H32N6. The van der Waals surface area contributed by atoms with Crippen molar-refractivity contribution in [2.45, 2.75) is 38.1 Å². The Morgan fingerprint density at radius 2 is 1.75 bits per heavy atom. The summed E-state index contributed by atoms with van der Waals surface area (Å²) in [7, 11) is 6.28. The maximum atomic E-state index is 6.83. The first-order valence-corrected chi connectivity index (χ1v) is 7.90. The molecule has 2 unspecified atom stereocenters. The Bertz CT molecular complexity index is 328. The van der Waals surface area contributed by atoms with E-state index in [1.807, 2.05) is 7.05 Å². The zero-order chi connectivity index (χ0) is 15.0. The summed E-state index contributed by atoms with van der Waals surface area (Å²) in [5, 5.41) is 8.38. The van der Waals surface area contributed by atoms with Gasteiger partial charge in [0.1, 0.15) is 5.66 Å². The van der Waals surface area contributed by atoms with Crippen LogP contribution in [0.2, 0.25) is 0 Å². The van der Waals surface area contributed by atoms with Crippen LogP contribution in [0.5, 0.6) is 0 Å². The molecule has 2 atom stereocenters.